The van der Waals surface area contributed by atoms with E-state index in [9.17, 15) is 4.79 Å². The molecule has 3 aromatic rings. The number of anilines is 1. The van der Waals surface area contributed by atoms with Gasteiger partial charge in [0, 0.05) is 23.1 Å². The maximum absolute atomic E-state index is 11.8. The molecule has 21 heavy (non-hydrogen) atoms. The van der Waals surface area contributed by atoms with Crippen molar-refractivity contribution in [2.75, 3.05) is 11.1 Å². The summed E-state index contributed by atoms with van der Waals surface area (Å²) in [6.07, 6.45) is 3.40. The van der Waals surface area contributed by atoms with Crippen LogP contribution in [0.1, 0.15) is 0 Å². The van der Waals surface area contributed by atoms with Gasteiger partial charge in [-0.05, 0) is 30.3 Å². The fourth-order valence-corrected chi connectivity index (χ4v) is 2.39. The van der Waals surface area contributed by atoms with Gasteiger partial charge in [0.2, 0.25) is 11.1 Å². The molecule has 0 spiro atoms. The van der Waals surface area contributed by atoms with E-state index in [1.807, 2.05) is 0 Å². The van der Waals surface area contributed by atoms with Crippen LogP contribution >= 0.6 is 23.4 Å². The Labute approximate surface area is 129 Å². The summed E-state index contributed by atoms with van der Waals surface area (Å²) < 4.78 is 1.57. The molecule has 0 aliphatic heterocycles. The summed E-state index contributed by atoms with van der Waals surface area (Å²) in [5, 5.41) is 8.13. The highest BCUT2D eigenvalue weighted by atomic mass is 35.5. The van der Waals surface area contributed by atoms with Crippen molar-refractivity contribution in [3.63, 3.8) is 0 Å². The summed E-state index contributed by atoms with van der Waals surface area (Å²) in [7, 11) is 0. The van der Waals surface area contributed by atoms with E-state index in [-0.39, 0.29) is 11.7 Å². The van der Waals surface area contributed by atoms with E-state index >= 15 is 0 Å². The number of aromatic nitrogens is 4. The highest BCUT2D eigenvalue weighted by Gasteiger charge is 2.08. The topological polar surface area (TPSA) is 72.2 Å². The second-order valence-corrected chi connectivity index (χ2v) is 5.48. The average molecular weight is 320 g/mol. The van der Waals surface area contributed by atoms with Crippen molar-refractivity contribution in [1.29, 1.82) is 0 Å². The van der Waals surface area contributed by atoms with E-state index in [1.165, 1.54) is 11.8 Å². The van der Waals surface area contributed by atoms with Crippen molar-refractivity contribution in [2.45, 2.75) is 5.16 Å². The Morgan fingerprint density at radius 3 is 2.90 bits per heavy atom. The number of nitrogens with zero attached hydrogens (tertiary/aromatic N) is 4. The van der Waals surface area contributed by atoms with Gasteiger partial charge in [-0.15, -0.1) is 5.10 Å². The number of rotatable bonds is 4. The minimum Gasteiger partial charge on any atom is -0.325 e. The Hall–Kier alpha value is -2.12. The summed E-state index contributed by atoms with van der Waals surface area (Å²) >= 11 is 7.04. The number of hydrogen-bond donors (Lipinski definition) is 1. The molecule has 8 heteroatoms. The van der Waals surface area contributed by atoms with Crippen LogP contribution < -0.4 is 5.32 Å². The standard InChI is InChI=1S/C13H10ClN5OS/c14-9-2-4-10(5-3-9)16-11(20)8-21-13-17-12-15-6-1-7-19(12)18-13/h1-7H,8H2,(H,16,20). The first-order valence-corrected chi connectivity index (χ1v) is 7.43. The molecule has 0 bridgehead atoms. The van der Waals surface area contributed by atoms with Gasteiger partial charge < -0.3 is 5.32 Å². The molecule has 106 valence electrons. The van der Waals surface area contributed by atoms with E-state index in [2.05, 4.69) is 20.4 Å². The van der Waals surface area contributed by atoms with Crippen LogP contribution in [0.3, 0.4) is 0 Å². The van der Waals surface area contributed by atoms with Crippen LogP contribution in [0, 0.1) is 0 Å². The predicted molar refractivity (Wildman–Crippen MR) is 81.6 cm³/mol. The molecule has 0 aliphatic rings. The first kappa shape index (κ1) is 13.8. The Bertz CT molecular complexity index is 741. The smallest absolute Gasteiger partial charge is 0.253 e. The summed E-state index contributed by atoms with van der Waals surface area (Å²) in [5.74, 6) is 0.603. The number of carbonyl (C=O) groups is 1. The van der Waals surface area contributed by atoms with Crippen LogP contribution in [-0.4, -0.2) is 31.2 Å². The third-order valence-corrected chi connectivity index (χ3v) is 3.65. The van der Waals surface area contributed by atoms with E-state index in [1.54, 1.807) is 47.2 Å². The van der Waals surface area contributed by atoms with Crippen LogP contribution in [0.5, 0.6) is 0 Å². The number of carbonyl (C=O) groups excluding carboxylic acids is 1. The van der Waals surface area contributed by atoms with Gasteiger partial charge in [0.1, 0.15) is 0 Å². The van der Waals surface area contributed by atoms with Crippen molar-refractivity contribution in [2.24, 2.45) is 0 Å². The molecule has 0 saturated carbocycles. The number of benzene rings is 1. The van der Waals surface area contributed by atoms with E-state index < -0.39 is 0 Å². The molecule has 0 unspecified atom stereocenters. The van der Waals surface area contributed by atoms with Crippen molar-refractivity contribution in [3.05, 3.63) is 47.7 Å². The van der Waals surface area contributed by atoms with Gasteiger partial charge in [0.05, 0.1) is 5.75 Å². The largest absolute Gasteiger partial charge is 0.325 e. The molecule has 1 N–H and O–H groups in total. The molecule has 3 rings (SSSR count). The Morgan fingerprint density at radius 2 is 2.14 bits per heavy atom. The number of halogens is 1. The van der Waals surface area contributed by atoms with Gasteiger partial charge in [-0.3, -0.25) is 4.79 Å². The molecule has 1 amide bonds. The molecule has 0 atom stereocenters. The number of nitrogens with one attached hydrogen (secondary N) is 1. The minimum absolute atomic E-state index is 0.130. The molecule has 2 aromatic heterocycles. The van der Waals surface area contributed by atoms with Crippen LogP contribution in [0.15, 0.2) is 47.9 Å². The second kappa shape index (κ2) is 6.11. The lowest BCUT2D eigenvalue weighted by Crippen LogP contribution is -2.13. The zero-order chi connectivity index (χ0) is 14.7. The van der Waals surface area contributed by atoms with E-state index in [4.69, 9.17) is 11.6 Å². The molecule has 2 heterocycles. The molecule has 0 radical (unpaired) electrons. The summed E-state index contributed by atoms with van der Waals surface area (Å²) in [6, 6.07) is 8.71. The second-order valence-electron chi connectivity index (χ2n) is 4.10. The third-order valence-electron chi connectivity index (χ3n) is 2.56. The molecular weight excluding hydrogens is 310 g/mol. The van der Waals surface area contributed by atoms with Crippen LogP contribution in [-0.2, 0) is 4.79 Å². The SMILES string of the molecule is O=C(CSc1nc2ncccn2n1)Nc1ccc(Cl)cc1. The van der Waals surface area contributed by atoms with Gasteiger partial charge in [-0.1, -0.05) is 23.4 Å². The molecule has 0 aliphatic carbocycles. The fraction of sp³-hybridized carbons (Fsp3) is 0.0769. The summed E-state index contributed by atoms with van der Waals surface area (Å²) in [4.78, 5) is 20.1. The Morgan fingerprint density at radius 1 is 1.33 bits per heavy atom. The zero-order valence-corrected chi connectivity index (χ0v) is 12.3. The van der Waals surface area contributed by atoms with E-state index in [0.29, 0.717) is 21.6 Å². The first-order chi connectivity index (χ1) is 10.2. The van der Waals surface area contributed by atoms with Crippen LogP contribution in [0.2, 0.25) is 5.02 Å². The maximum atomic E-state index is 11.8. The Kier molecular flexibility index (Phi) is 4.03. The molecule has 6 nitrogen and oxygen atoms in total. The van der Waals surface area contributed by atoms with Crippen molar-refractivity contribution < 1.29 is 4.79 Å². The van der Waals surface area contributed by atoms with Crippen molar-refractivity contribution >= 4 is 40.7 Å². The Balaban J connectivity index is 1.59. The molecule has 0 saturated heterocycles. The lowest BCUT2D eigenvalue weighted by molar-refractivity contribution is -0.113. The zero-order valence-electron chi connectivity index (χ0n) is 10.7. The number of fused-ring (bicyclic) bond motifs is 1. The van der Waals surface area contributed by atoms with Crippen LogP contribution in [0.25, 0.3) is 5.78 Å². The lowest BCUT2D eigenvalue weighted by Gasteiger charge is -2.03. The fourth-order valence-electron chi connectivity index (χ4n) is 1.64. The van der Waals surface area contributed by atoms with Gasteiger partial charge in [-0.25, -0.2) is 9.50 Å². The molecular formula is C13H10ClN5OS. The average Bonchev–Trinajstić information content (AvgIpc) is 2.90. The number of thioether (sulfide) groups is 1. The molecule has 0 fully saturated rings. The quantitative estimate of drug-likeness (QED) is 0.748. The maximum Gasteiger partial charge on any atom is 0.253 e. The molecule has 1 aromatic carbocycles. The predicted octanol–water partition coefficient (Wildman–Crippen LogP) is 2.51. The van der Waals surface area contributed by atoms with Gasteiger partial charge >= 0.3 is 0 Å². The summed E-state index contributed by atoms with van der Waals surface area (Å²) in [5.41, 5.74) is 0.703. The van der Waals surface area contributed by atoms with Gasteiger partial charge in [0.25, 0.3) is 5.78 Å². The monoisotopic (exact) mass is 319 g/mol. The van der Waals surface area contributed by atoms with Crippen molar-refractivity contribution in [3.8, 4) is 0 Å². The van der Waals surface area contributed by atoms with E-state index in [0.717, 1.165) is 0 Å². The van der Waals surface area contributed by atoms with Gasteiger partial charge in [0.15, 0.2) is 0 Å². The number of hydrogen-bond acceptors (Lipinski definition) is 5. The highest BCUT2D eigenvalue weighted by Crippen LogP contribution is 2.16. The first-order valence-electron chi connectivity index (χ1n) is 6.06. The lowest BCUT2D eigenvalue weighted by atomic mass is 10.3. The van der Waals surface area contributed by atoms with Crippen LogP contribution in [0.4, 0.5) is 5.69 Å². The normalized spacial score (nSPS) is 10.7. The minimum atomic E-state index is -0.130. The summed E-state index contributed by atoms with van der Waals surface area (Å²) in [6.45, 7) is 0. The number of amides is 1. The highest BCUT2D eigenvalue weighted by molar-refractivity contribution is 7.99. The third kappa shape index (κ3) is 3.50. The van der Waals surface area contributed by atoms with Gasteiger partial charge in [-0.2, -0.15) is 4.98 Å². The van der Waals surface area contributed by atoms with Crippen molar-refractivity contribution in [1.82, 2.24) is 19.6 Å².